The van der Waals surface area contributed by atoms with Gasteiger partial charge < -0.3 is 15.8 Å². The van der Waals surface area contributed by atoms with Crippen LogP contribution in [0.15, 0.2) is 54.6 Å². The SMILES string of the molecule is CCC(CNC(=O)C(C)(N)c1ccccc1)Oc1ccccc1F.Cl. The molecule has 0 spiro atoms. The van der Waals surface area contributed by atoms with Gasteiger partial charge in [-0.2, -0.15) is 0 Å². The molecule has 25 heavy (non-hydrogen) atoms. The Morgan fingerprint density at radius 3 is 2.40 bits per heavy atom. The van der Waals surface area contributed by atoms with Crippen molar-refractivity contribution < 1.29 is 13.9 Å². The summed E-state index contributed by atoms with van der Waals surface area (Å²) in [6, 6.07) is 15.4. The lowest BCUT2D eigenvalue weighted by molar-refractivity contribution is -0.126. The number of rotatable bonds is 7. The van der Waals surface area contributed by atoms with Gasteiger partial charge in [-0.1, -0.05) is 49.4 Å². The molecule has 136 valence electrons. The first-order chi connectivity index (χ1) is 11.4. The molecule has 0 bridgehead atoms. The Morgan fingerprint density at radius 1 is 1.20 bits per heavy atom. The molecule has 0 radical (unpaired) electrons. The molecule has 0 aliphatic carbocycles. The van der Waals surface area contributed by atoms with E-state index in [0.717, 1.165) is 5.56 Å². The maximum absolute atomic E-state index is 13.7. The highest BCUT2D eigenvalue weighted by atomic mass is 35.5. The van der Waals surface area contributed by atoms with E-state index in [1.807, 2.05) is 37.3 Å². The van der Waals surface area contributed by atoms with Crippen molar-refractivity contribution in [3.63, 3.8) is 0 Å². The van der Waals surface area contributed by atoms with Gasteiger partial charge >= 0.3 is 0 Å². The third kappa shape index (κ3) is 5.44. The molecule has 0 aliphatic heterocycles. The Kier molecular flexibility index (Phi) is 7.87. The summed E-state index contributed by atoms with van der Waals surface area (Å²) in [6.45, 7) is 3.83. The fourth-order valence-electron chi connectivity index (χ4n) is 2.29. The smallest absolute Gasteiger partial charge is 0.244 e. The van der Waals surface area contributed by atoms with Gasteiger partial charge in [-0.15, -0.1) is 12.4 Å². The quantitative estimate of drug-likeness (QED) is 0.789. The van der Waals surface area contributed by atoms with E-state index >= 15 is 0 Å². The van der Waals surface area contributed by atoms with Crippen LogP contribution in [0.4, 0.5) is 4.39 Å². The van der Waals surface area contributed by atoms with Crippen LogP contribution >= 0.6 is 12.4 Å². The van der Waals surface area contributed by atoms with Gasteiger partial charge in [-0.05, 0) is 31.0 Å². The Hall–Kier alpha value is -2.11. The van der Waals surface area contributed by atoms with Crippen molar-refractivity contribution in [1.29, 1.82) is 0 Å². The van der Waals surface area contributed by atoms with E-state index in [0.29, 0.717) is 6.42 Å². The third-order valence-electron chi connectivity index (χ3n) is 3.92. The first-order valence-corrected chi connectivity index (χ1v) is 7.99. The first kappa shape index (κ1) is 20.9. The number of amides is 1. The number of nitrogens with one attached hydrogen (secondary N) is 1. The van der Waals surface area contributed by atoms with Gasteiger partial charge in [0.1, 0.15) is 11.6 Å². The highest BCUT2D eigenvalue weighted by Gasteiger charge is 2.30. The van der Waals surface area contributed by atoms with Crippen LogP contribution in [0.1, 0.15) is 25.8 Å². The minimum atomic E-state index is -1.14. The lowest BCUT2D eigenvalue weighted by Gasteiger charge is -2.26. The van der Waals surface area contributed by atoms with Crippen molar-refractivity contribution in [3.8, 4) is 5.75 Å². The minimum Gasteiger partial charge on any atom is -0.486 e. The fourth-order valence-corrected chi connectivity index (χ4v) is 2.29. The zero-order chi connectivity index (χ0) is 17.6. The van der Waals surface area contributed by atoms with Gasteiger partial charge in [-0.3, -0.25) is 4.79 Å². The summed E-state index contributed by atoms with van der Waals surface area (Å²) in [7, 11) is 0. The summed E-state index contributed by atoms with van der Waals surface area (Å²) in [5.74, 6) is -0.545. The number of halogens is 2. The molecule has 0 saturated heterocycles. The molecule has 0 aliphatic rings. The Bertz CT molecular complexity index is 680. The summed E-state index contributed by atoms with van der Waals surface area (Å²) in [5.41, 5.74) is 5.76. The van der Waals surface area contributed by atoms with Crippen LogP contribution in [0.25, 0.3) is 0 Å². The molecule has 0 heterocycles. The topological polar surface area (TPSA) is 64.4 Å². The minimum absolute atomic E-state index is 0. The molecule has 2 aromatic carbocycles. The molecule has 0 fully saturated rings. The summed E-state index contributed by atoms with van der Waals surface area (Å²) >= 11 is 0. The van der Waals surface area contributed by atoms with Crippen LogP contribution < -0.4 is 15.8 Å². The van der Waals surface area contributed by atoms with Crippen LogP contribution in [0.5, 0.6) is 5.75 Å². The number of nitrogens with two attached hydrogens (primary N) is 1. The molecule has 2 atom stereocenters. The predicted octanol–water partition coefficient (Wildman–Crippen LogP) is 3.40. The average Bonchev–Trinajstić information content (AvgIpc) is 2.60. The number of para-hydroxylation sites is 1. The Labute approximate surface area is 154 Å². The number of carbonyl (C=O) groups excluding carboxylic acids is 1. The monoisotopic (exact) mass is 366 g/mol. The maximum atomic E-state index is 13.7. The molecule has 2 unspecified atom stereocenters. The van der Waals surface area contributed by atoms with E-state index in [4.69, 9.17) is 10.5 Å². The van der Waals surface area contributed by atoms with Gasteiger partial charge in [0.15, 0.2) is 11.6 Å². The Balaban J connectivity index is 0.00000312. The van der Waals surface area contributed by atoms with Crippen molar-refractivity contribution in [2.45, 2.75) is 31.9 Å². The summed E-state index contributed by atoms with van der Waals surface area (Å²) < 4.78 is 19.3. The Morgan fingerprint density at radius 2 is 1.80 bits per heavy atom. The van der Waals surface area contributed by atoms with E-state index in [1.54, 1.807) is 25.1 Å². The second-order valence-electron chi connectivity index (χ2n) is 5.86. The largest absolute Gasteiger partial charge is 0.486 e. The molecule has 3 N–H and O–H groups in total. The van der Waals surface area contributed by atoms with E-state index in [9.17, 15) is 9.18 Å². The zero-order valence-electron chi connectivity index (χ0n) is 14.4. The van der Waals surface area contributed by atoms with Gasteiger partial charge in [0, 0.05) is 0 Å². The van der Waals surface area contributed by atoms with Crippen LogP contribution in [-0.4, -0.2) is 18.6 Å². The lowest BCUT2D eigenvalue weighted by Crippen LogP contribution is -2.51. The van der Waals surface area contributed by atoms with Crippen molar-refractivity contribution >= 4 is 18.3 Å². The van der Waals surface area contributed by atoms with Crippen LogP contribution in [0, 0.1) is 5.82 Å². The predicted molar refractivity (Wildman–Crippen MR) is 99.3 cm³/mol. The summed E-state index contributed by atoms with van der Waals surface area (Å²) in [6.07, 6.45) is 0.291. The van der Waals surface area contributed by atoms with Crippen LogP contribution in [0.3, 0.4) is 0 Å². The van der Waals surface area contributed by atoms with Crippen molar-refractivity contribution in [2.24, 2.45) is 5.73 Å². The van der Waals surface area contributed by atoms with E-state index in [2.05, 4.69) is 5.32 Å². The lowest BCUT2D eigenvalue weighted by atomic mass is 9.92. The number of hydrogen-bond acceptors (Lipinski definition) is 3. The number of hydrogen-bond donors (Lipinski definition) is 2. The van der Waals surface area contributed by atoms with E-state index < -0.39 is 11.4 Å². The normalized spacial score (nSPS) is 13.9. The maximum Gasteiger partial charge on any atom is 0.244 e. The molecule has 2 aromatic rings. The van der Waals surface area contributed by atoms with Gasteiger partial charge in [0.05, 0.1) is 6.54 Å². The zero-order valence-corrected chi connectivity index (χ0v) is 15.2. The molecule has 0 saturated carbocycles. The van der Waals surface area contributed by atoms with E-state index in [1.165, 1.54) is 6.07 Å². The van der Waals surface area contributed by atoms with Crippen LogP contribution in [-0.2, 0) is 10.3 Å². The second-order valence-corrected chi connectivity index (χ2v) is 5.86. The third-order valence-corrected chi connectivity index (χ3v) is 3.92. The van der Waals surface area contributed by atoms with E-state index in [-0.39, 0.29) is 36.7 Å². The highest BCUT2D eigenvalue weighted by molar-refractivity contribution is 5.87. The fraction of sp³-hybridized carbons (Fsp3) is 0.316. The molecule has 4 nitrogen and oxygen atoms in total. The standard InChI is InChI=1S/C19H23FN2O2.ClH/c1-3-15(24-17-12-8-7-11-16(17)20)13-22-18(23)19(2,21)14-9-5-4-6-10-14;/h4-12,15H,3,13,21H2,1-2H3,(H,22,23);1H. The van der Waals surface area contributed by atoms with Crippen molar-refractivity contribution in [3.05, 3.63) is 66.0 Å². The molecule has 2 rings (SSSR count). The summed E-state index contributed by atoms with van der Waals surface area (Å²) in [4.78, 5) is 12.4. The number of ether oxygens (including phenoxy) is 1. The number of carbonyl (C=O) groups is 1. The van der Waals surface area contributed by atoms with Gasteiger partial charge in [0.2, 0.25) is 5.91 Å². The van der Waals surface area contributed by atoms with Gasteiger partial charge in [-0.25, -0.2) is 4.39 Å². The molecule has 1 amide bonds. The highest BCUT2D eigenvalue weighted by Crippen LogP contribution is 2.19. The average molecular weight is 367 g/mol. The van der Waals surface area contributed by atoms with Crippen LogP contribution in [0.2, 0.25) is 0 Å². The summed E-state index contributed by atoms with van der Waals surface area (Å²) in [5, 5.41) is 2.80. The van der Waals surface area contributed by atoms with Gasteiger partial charge in [0.25, 0.3) is 0 Å². The molecular formula is C19H24ClFN2O2. The van der Waals surface area contributed by atoms with Crippen molar-refractivity contribution in [2.75, 3.05) is 6.54 Å². The molecular weight excluding hydrogens is 343 g/mol. The first-order valence-electron chi connectivity index (χ1n) is 7.99. The second kappa shape index (κ2) is 9.39. The van der Waals surface area contributed by atoms with Crippen molar-refractivity contribution in [1.82, 2.24) is 5.32 Å². The number of benzene rings is 2. The molecule has 0 aromatic heterocycles. The molecule has 6 heteroatoms.